The normalized spacial score (nSPS) is 10.2. The lowest BCUT2D eigenvalue weighted by Gasteiger charge is -2.08. The van der Waals surface area contributed by atoms with Crippen LogP contribution in [0.5, 0.6) is 0 Å². The summed E-state index contributed by atoms with van der Waals surface area (Å²) in [5.41, 5.74) is -0.368. The standard InChI is InChI=1S/C14H11BrN4O6/c1-18-13(21)5-4-11(17-18)14(22)25-7-12(20)16-10-3-2-8(19(23)24)6-9(10)15/h2-6H,7H2,1H3,(H,16,20). The number of nitrogens with one attached hydrogen (secondary N) is 1. The van der Waals surface area contributed by atoms with E-state index in [-0.39, 0.29) is 17.1 Å². The number of carbonyl (C=O) groups is 2. The minimum atomic E-state index is -0.867. The molecule has 0 saturated heterocycles. The van der Waals surface area contributed by atoms with Gasteiger partial charge in [-0.05, 0) is 28.1 Å². The number of aromatic nitrogens is 2. The summed E-state index contributed by atoms with van der Waals surface area (Å²) >= 11 is 3.11. The summed E-state index contributed by atoms with van der Waals surface area (Å²) in [5.74, 6) is -1.51. The summed E-state index contributed by atoms with van der Waals surface area (Å²) in [4.78, 5) is 44.9. The topological polar surface area (TPSA) is 133 Å². The van der Waals surface area contributed by atoms with Crippen molar-refractivity contribution < 1.29 is 19.2 Å². The number of halogens is 1. The molecule has 1 heterocycles. The first-order valence-corrected chi connectivity index (χ1v) is 7.52. The number of rotatable bonds is 5. The summed E-state index contributed by atoms with van der Waals surface area (Å²) < 4.78 is 6.08. The predicted octanol–water partition coefficient (Wildman–Crippen LogP) is 1.25. The molecule has 1 N–H and O–H groups in total. The van der Waals surface area contributed by atoms with Crippen molar-refractivity contribution in [2.45, 2.75) is 0 Å². The van der Waals surface area contributed by atoms with E-state index >= 15 is 0 Å². The molecular weight excluding hydrogens is 400 g/mol. The Morgan fingerprint density at radius 3 is 2.68 bits per heavy atom. The molecule has 0 aliphatic rings. The minimum absolute atomic E-state index is 0.119. The van der Waals surface area contributed by atoms with Gasteiger partial charge in [-0.15, -0.1) is 0 Å². The molecule has 0 radical (unpaired) electrons. The molecule has 0 unspecified atom stereocenters. The molecule has 1 amide bonds. The Morgan fingerprint density at radius 1 is 1.36 bits per heavy atom. The molecule has 2 rings (SSSR count). The Bertz CT molecular complexity index is 910. The van der Waals surface area contributed by atoms with E-state index in [1.807, 2.05) is 0 Å². The number of carbonyl (C=O) groups excluding carboxylic acids is 2. The fourth-order valence-corrected chi connectivity index (χ4v) is 2.19. The minimum Gasteiger partial charge on any atom is -0.451 e. The molecule has 1 aromatic carbocycles. The number of hydrogen-bond acceptors (Lipinski definition) is 7. The van der Waals surface area contributed by atoms with Crippen molar-refractivity contribution in [1.29, 1.82) is 0 Å². The SMILES string of the molecule is Cn1nc(C(=O)OCC(=O)Nc2ccc([N+](=O)[O-])cc2Br)ccc1=O. The second kappa shape index (κ2) is 7.66. The number of benzene rings is 1. The molecule has 130 valence electrons. The monoisotopic (exact) mass is 410 g/mol. The van der Waals surface area contributed by atoms with Gasteiger partial charge in [0.15, 0.2) is 12.3 Å². The second-order valence-corrected chi connectivity index (χ2v) is 5.58. The average Bonchev–Trinajstić information content (AvgIpc) is 2.56. The third kappa shape index (κ3) is 4.70. The fraction of sp³-hybridized carbons (Fsp3) is 0.143. The number of hydrogen-bond donors (Lipinski definition) is 1. The lowest BCUT2D eigenvalue weighted by atomic mass is 10.3. The van der Waals surface area contributed by atoms with Gasteiger partial charge in [0, 0.05) is 29.7 Å². The Kier molecular flexibility index (Phi) is 5.60. The Balaban J connectivity index is 1.96. The van der Waals surface area contributed by atoms with Crippen molar-refractivity contribution in [3.8, 4) is 0 Å². The maximum absolute atomic E-state index is 11.8. The van der Waals surface area contributed by atoms with E-state index in [4.69, 9.17) is 4.74 Å². The van der Waals surface area contributed by atoms with Crippen LogP contribution in [0.3, 0.4) is 0 Å². The van der Waals surface area contributed by atoms with Gasteiger partial charge >= 0.3 is 5.97 Å². The molecule has 0 bridgehead atoms. The molecule has 0 aliphatic carbocycles. The summed E-state index contributed by atoms with van der Waals surface area (Å²) in [6.07, 6.45) is 0. The third-order valence-electron chi connectivity index (χ3n) is 2.94. The lowest BCUT2D eigenvalue weighted by molar-refractivity contribution is -0.384. The number of nitro groups is 1. The summed E-state index contributed by atoms with van der Waals surface area (Å²) in [5, 5.41) is 16.8. The highest BCUT2D eigenvalue weighted by Crippen LogP contribution is 2.26. The van der Waals surface area contributed by atoms with Gasteiger partial charge in [0.25, 0.3) is 17.2 Å². The molecule has 0 atom stereocenters. The van der Waals surface area contributed by atoms with Crippen LogP contribution in [-0.4, -0.2) is 33.2 Å². The van der Waals surface area contributed by atoms with Crippen LogP contribution in [0.4, 0.5) is 11.4 Å². The van der Waals surface area contributed by atoms with Gasteiger partial charge in [-0.1, -0.05) is 0 Å². The first kappa shape index (κ1) is 18.3. The number of nitro benzene ring substituents is 1. The highest BCUT2D eigenvalue weighted by Gasteiger charge is 2.15. The highest BCUT2D eigenvalue weighted by atomic mass is 79.9. The number of non-ortho nitro benzene ring substituents is 1. The number of amides is 1. The van der Waals surface area contributed by atoms with Gasteiger partial charge in [-0.25, -0.2) is 9.48 Å². The average molecular weight is 411 g/mol. The lowest BCUT2D eigenvalue weighted by Crippen LogP contribution is -2.24. The summed E-state index contributed by atoms with van der Waals surface area (Å²) in [6, 6.07) is 6.14. The predicted molar refractivity (Wildman–Crippen MR) is 89.2 cm³/mol. The maximum atomic E-state index is 11.8. The number of esters is 1. The van der Waals surface area contributed by atoms with Gasteiger partial charge in [-0.3, -0.25) is 19.7 Å². The van der Waals surface area contributed by atoms with E-state index < -0.39 is 29.0 Å². The van der Waals surface area contributed by atoms with Crippen molar-refractivity contribution >= 4 is 39.2 Å². The largest absolute Gasteiger partial charge is 0.451 e. The highest BCUT2D eigenvalue weighted by molar-refractivity contribution is 9.10. The zero-order valence-electron chi connectivity index (χ0n) is 12.8. The van der Waals surface area contributed by atoms with Crippen LogP contribution in [0.15, 0.2) is 39.6 Å². The van der Waals surface area contributed by atoms with Gasteiger partial charge in [0.1, 0.15) is 0 Å². The van der Waals surface area contributed by atoms with Crippen molar-refractivity contribution in [3.63, 3.8) is 0 Å². The van der Waals surface area contributed by atoms with Crippen molar-refractivity contribution in [1.82, 2.24) is 9.78 Å². The summed E-state index contributed by atoms with van der Waals surface area (Å²) in [7, 11) is 1.37. The third-order valence-corrected chi connectivity index (χ3v) is 3.60. The van der Waals surface area contributed by atoms with E-state index in [1.165, 1.54) is 31.3 Å². The molecule has 10 nitrogen and oxygen atoms in total. The molecule has 11 heteroatoms. The van der Waals surface area contributed by atoms with Gasteiger partial charge < -0.3 is 10.1 Å². The maximum Gasteiger partial charge on any atom is 0.359 e. The number of anilines is 1. The molecule has 2 aromatic rings. The Labute approximate surface area is 148 Å². The van der Waals surface area contributed by atoms with Crippen molar-refractivity contribution in [2.24, 2.45) is 7.05 Å². The zero-order valence-corrected chi connectivity index (χ0v) is 14.3. The quantitative estimate of drug-likeness (QED) is 0.445. The zero-order chi connectivity index (χ0) is 18.6. The van der Waals surface area contributed by atoms with Crippen LogP contribution in [0.2, 0.25) is 0 Å². The van der Waals surface area contributed by atoms with E-state index in [0.717, 1.165) is 10.7 Å². The molecular formula is C14H11BrN4O6. The van der Waals surface area contributed by atoms with Gasteiger partial charge in [0.05, 0.1) is 10.6 Å². The first-order valence-electron chi connectivity index (χ1n) is 6.73. The molecule has 0 saturated carbocycles. The van der Waals surface area contributed by atoms with Crippen LogP contribution in [-0.2, 0) is 16.6 Å². The van der Waals surface area contributed by atoms with Crippen molar-refractivity contribution in [3.05, 3.63) is 61.0 Å². The van der Waals surface area contributed by atoms with Crippen molar-refractivity contribution in [2.75, 3.05) is 11.9 Å². The van der Waals surface area contributed by atoms with Crippen LogP contribution in [0.25, 0.3) is 0 Å². The Morgan fingerprint density at radius 2 is 2.08 bits per heavy atom. The number of aryl methyl sites for hydroxylation is 1. The molecule has 0 spiro atoms. The van der Waals surface area contributed by atoms with E-state index in [9.17, 15) is 24.5 Å². The fourth-order valence-electron chi connectivity index (χ4n) is 1.72. The number of ether oxygens (including phenoxy) is 1. The smallest absolute Gasteiger partial charge is 0.359 e. The molecule has 0 aliphatic heterocycles. The first-order chi connectivity index (χ1) is 11.8. The van der Waals surface area contributed by atoms with Crippen LogP contribution in [0, 0.1) is 10.1 Å². The van der Waals surface area contributed by atoms with Crippen LogP contribution < -0.4 is 10.9 Å². The Hall–Kier alpha value is -3.08. The molecule has 0 fully saturated rings. The van der Waals surface area contributed by atoms with E-state index in [0.29, 0.717) is 4.47 Å². The van der Waals surface area contributed by atoms with Crippen LogP contribution in [0.1, 0.15) is 10.5 Å². The van der Waals surface area contributed by atoms with Gasteiger partial charge in [-0.2, -0.15) is 5.10 Å². The second-order valence-electron chi connectivity index (χ2n) is 4.73. The molecule has 25 heavy (non-hydrogen) atoms. The molecule has 1 aromatic heterocycles. The van der Waals surface area contributed by atoms with Crippen LogP contribution >= 0.6 is 15.9 Å². The summed E-state index contributed by atoms with van der Waals surface area (Å²) in [6.45, 7) is -0.590. The van der Waals surface area contributed by atoms with E-state index in [2.05, 4.69) is 26.3 Å². The number of nitrogens with zero attached hydrogens (tertiary/aromatic N) is 3. The van der Waals surface area contributed by atoms with E-state index in [1.54, 1.807) is 0 Å². The van der Waals surface area contributed by atoms with Gasteiger partial charge in [0.2, 0.25) is 0 Å².